The third-order valence-corrected chi connectivity index (χ3v) is 3.18. The van der Waals surface area contributed by atoms with Crippen LogP contribution in [-0.2, 0) is 6.54 Å². The second-order valence-corrected chi connectivity index (χ2v) is 4.92. The minimum Gasteiger partial charge on any atom is -0.461 e. The number of pyridine rings is 1. The number of nitrogens with one attached hydrogen (secondary N) is 1. The summed E-state index contributed by atoms with van der Waals surface area (Å²) in [7, 11) is 0. The fourth-order valence-electron chi connectivity index (χ4n) is 2.06. The molecule has 3 aromatic heterocycles. The predicted molar refractivity (Wildman–Crippen MR) is 84.3 cm³/mol. The van der Waals surface area contributed by atoms with Gasteiger partial charge in [-0.3, -0.25) is 9.78 Å². The molecule has 0 atom stereocenters. The average Bonchev–Trinajstić information content (AvgIpc) is 3.07. The molecular formula is C16H15N5O2. The van der Waals surface area contributed by atoms with Crippen LogP contribution in [0.1, 0.15) is 21.7 Å². The SMILES string of the molecule is Cc1cccc(CNC(=O)c2cnc(-c3ccco3)nc2N)n1. The first-order valence-electron chi connectivity index (χ1n) is 7.00. The van der Waals surface area contributed by atoms with Gasteiger partial charge >= 0.3 is 0 Å². The van der Waals surface area contributed by atoms with Gasteiger partial charge in [-0.25, -0.2) is 9.97 Å². The van der Waals surface area contributed by atoms with E-state index in [1.54, 1.807) is 12.1 Å². The van der Waals surface area contributed by atoms with E-state index in [4.69, 9.17) is 10.2 Å². The summed E-state index contributed by atoms with van der Waals surface area (Å²) in [4.78, 5) is 24.7. The molecule has 7 heteroatoms. The summed E-state index contributed by atoms with van der Waals surface area (Å²) in [5.41, 5.74) is 7.73. The van der Waals surface area contributed by atoms with Crippen molar-refractivity contribution in [2.75, 3.05) is 5.73 Å². The van der Waals surface area contributed by atoms with Crippen molar-refractivity contribution in [2.45, 2.75) is 13.5 Å². The van der Waals surface area contributed by atoms with Crippen LogP contribution in [-0.4, -0.2) is 20.9 Å². The molecule has 0 radical (unpaired) electrons. The fourth-order valence-corrected chi connectivity index (χ4v) is 2.06. The molecule has 1 amide bonds. The highest BCUT2D eigenvalue weighted by Gasteiger charge is 2.14. The Kier molecular flexibility index (Phi) is 4.01. The van der Waals surface area contributed by atoms with E-state index in [0.717, 1.165) is 11.4 Å². The summed E-state index contributed by atoms with van der Waals surface area (Å²) in [6, 6.07) is 9.07. The highest BCUT2D eigenvalue weighted by molar-refractivity contribution is 5.98. The molecule has 0 spiro atoms. The van der Waals surface area contributed by atoms with Crippen LogP contribution in [0.15, 0.2) is 47.2 Å². The van der Waals surface area contributed by atoms with Gasteiger partial charge in [0.05, 0.1) is 24.1 Å². The number of hydrogen-bond donors (Lipinski definition) is 2. The number of nitrogens with two attached hydrogens (primary N) is 1. The lowest BCUT2D eigenvalue weighted by Gasteiger charge is -2.07. The number of aromatic nitrogens is 3. The van der Waals surface area contributed by atoms with Gasteiger partial charge in [0, 0.05) is 11.9 Å². The number of nitrogens with zero attached hydrogens (tertiary/aromatic N) is 3. The second-order valence-electron chi connectivity index (χ2n) is 4.92. The van der Waals surface area contributed by atoms with Gasteiger partial charge in [-0.1, -0.05) is 6.07 Å². The Labute approximate surface area is 132 Å². The normalized spacial score (nSPS) is 10.5. The summed E-state index contributed by atoms with van der Waals surface area (Å²) in [6.45, 7) is 2.20. The quantitative estimate of drug-likeness (QED) is 0.763. The summed E-state index contributed by atoms with van der Waals surface area (Å²) in [6.07, 6.45) is 2.91. The van der Waals surface area contributed by atoms with Crippen molar-refractivity contribution in [3.05, 3.63) is 59.7 Å². The van der Waals surface area contributed by atoms with Crippen LogP contribution < -0.4 is 11.1 Å². The van der Waals surface area contributed by atoms with Crippen LogP contribution in [0.25, 0.3) is 11.6 Å². The van der Waals surface area contributed by atoms with E-state index in [2.05, 4.69) is 20.3 Å². The lowest BCUT2D eigenvalue weighted by molar-refractivity contribution is 0.0950. The monoisotopic (exact) mass is 309 g/mol. The van der Waals surface area contributed by atoms with Crippen LogP contribution in [0.2, 0.25) is 0 Å². The van der Waals surface area contributed by atoms with Crippen LogP contribution in [0.5, 0.6) is 0 Å². The van der Waals surface area contributed by atoms with Gasteiger partial charge in [-0.05, 0) is 31.2 Å². The first-order valence-corrected chi connectivity index (χ1v) is 7.00. The van der Waals surface area contributed by atoms with Crippen molar-refractivity contribution < 1.29 is 9.21 Å². The van der Waals surface area contributed by atoms with Gasteiger partial charge < -0.3 is 15.5 Å². The Morgan fingerprint density at radius 2 is 2.13 bits per heavy atom. The highest BCUT2D eigenvalue weighted by Crippen LogP contribution is 2.17. The molecule has 0 saturated carbocycles. The number of carbonyl (C=O) groups excluding carboxylic acids is 1. The number of aryl methyl sites for hydroxylation is 1. The van der Waals surface area contributed by atoms with Gasteiger partial charge in [0.1, 0.15) is 5.82 Å². The van der Waals surface area contributed by atoms with Crippen molar-refractivity contribution in [2.24, 2.45) is 0 Å². The maximum Gasteiger partial charge on any atom is 0.256 e. The number of hydrogen-bond acceptors (Lipinski definition) is 6. The van der Waals surface area contributed by atoms with Gasteiger partial charge in [0.2, 0.25) is 0 Å². The summed E-state index contributed by atoms with van der Waals surface area (Å²) >= 11 is 0. The Morgan fingerprint density at radius 1 is 1.26 bits per heavy atom. The average molecular weight is 309 g/mol. The molecule has 0 fully saturated rings. The van der Waals surface area contributed by atoms with Gasteiger partial charge in [0.15, 0.2) is 11.6 Å². The Balaban J connectivity index is 1.72. The first kappa shape index (κ1) is 14.7. The lowest BCUT2D eigenvalue weighted by atomic mass is 10.2. The van der Waals surface area contributed by atoms with E-state index in [0.29, 0.717) is 18.1 Å². The highest BCUT2D eigenvalue weighted by atomic mass is 16.3. The molecule has 3 rings (SSSR count). The minimum atomic E-state index is -0.350. The minimum absolute atomic E-state index is 0.0982. The predicted octanol–water partition coefficient (Wildman–Crippen LogP) is 1.95. The van der Waals surface area contributed by atoms with E-state index in [1.165, 1.54) is 12.5 Å². The molecule has 0 saturated heterocycles. The first-order chi connectivity index (χ1) is 11.1. The Bertz CT molecular complexity index is 830. The molecule has 0 aliphatic heterocycles. The molecule has 0 bridgehead atoms. The van der Waals surface area contributed by atoms with Crippen molar-refractivity contribution in [3.8, 4) is 11.6 Å². The zero-order chi connectivity index (χ0) is 16.2. The number of nitrogen functional groups attached to an aromatic ring is 1. The van der Waals surface area contributed by atoms with Crippen molar-refractivity contribution in [1.29, 1.82) is 0 Å². The van der Waals surface area contributed by atoms with Crippen molar-refractivity contribution >= 4 is 11.7 Å². The molecule has 3 aromatic rings. The zero-order valence-corrected chi connectivity index (χ0v) is 12.5. The third kappa shape index (κ3) is 3.34. The maximum atomic E-state index is 12.2. The van der Waals surface area contributed by atoms with E-state index in [1.807, 2.05) is 25.1 Å². The molecule has 3 heterocycles. The van der Waals surface area contributed by atoms with Gasteiger partial charge in [-0.2, -0.15) is 0 Å². The smallest absolute Gasteiger partial charge is 0.256 e. The van der Waals surface area contributed by atoms with Crippen LogP contribution in [0, 0.1) is 6.92 Å². The molecule has 3 N–H and O–H groups in total. The van der Waals surface area contributed by atoms with E-state index in [-0.39, 0.29) is 17.3 Å². The molecule has 7 nitrogen and oxygen atoms in total. The molecular weight excluding hydrogens is 294 g/mol. The third-order valence-electron chi connectivity index (χ3n) is 3.18. The van der Waals surface area contributed by atoms with E-state index >= 15 is 0 Å². The number of carbonyl (C=O) groups is 1. The zero-order valence-electron chi connectivity index (χ0n) is 12.5. The second kappa shape index (κ2) is 6.27. The number of amides is 1. The van der Waals surface area contributed by atoms with Crippen LogP contribution in [0.3, 0.4) is 0 Å². The fraction of sp³-hybridized carbons (Fsp3) is 0.125. The number of rotatable bonds is 4. The number of furan rings is 1. The molecule has 116 valence electrons. The molecule has 0 unspecified atom stereocenters. The Hall–Kier alpha value is -3.22. The van der Waals surface area contributed by atoms with Gasteiger partial charge in [-0.15, -0.1) is 0 Å². The molecule has 23 heavy (non-hydrogen) atoms. The largest absolute Gasteiger partial charge is 0.461 e. The molecule has 0 aliphatic rings. The lowest BCUT2D eigenvalue weighted by Crippen LogP contribution is -2.25. The standard InChI is InChI=1S/C16H15N5O2/c1-10-4-2-5-11(20-10)8-19-16(22)12-9-18-15(21-14(12)17)13-6-3-7-23-13/h2-7,9H,8H2,1H3,(H,19,22)(H2,17,18,21). The van der Waals surface area contributed by atoms with Gasteiger partial charge in [0.25, 0.3) is 5.91 Å². The van der Waals surface area contributed by atoms with Crippen LogP contribution in [0.4, 0.5) is 5.82 Å². The Morgan fingerprint density at radius 3 is 2.83 bits per heavy atom. The topological polar surface area (TPSA) is 107 Å². The van der Waals surface area contributed by atoms with E-state index in [9.17, 15) is 4.79 Å². The summed E-state index contributed by atoms with van der Waals surface area (Å²) < 4.78 is 5.20. The van der Waals surface area contributed by atoms with Crippen molar-refractivity contribution in [1.82, 2.24) is 20.3 Å². The maximum absolute atomic E-state index is 12.2. The van der Waals surface area contributed by atoms with Crippen molar-refractivity contribution in [3.63, 3.8) is 0 Å². The number of anilines is 1. The van der Waals surface area contributed by atoms with Crippen LogP contribution >= 0.6 is 0 Å². The van der Waals surface area contributed by atoms with E-state index < -0.39 is 0 Å². The summed E-state index contributed by atoms with van der Waals surface area (Å²) in [5, 5.41) is 2.75. The summed E-state index contributed by atoms with van der Waals surface area (Å²) in [5.74, 6) is 0.579. The molecule has 0 aliphatic carbocycles. The molecule has 0 aromatic carbocycles.